The molecule has 9 heteroatoms. The first-order chi connectivity index (χ1) is 16.0. The van der Waals surface area contributed by atoms with Crippen LogP contribution in [0, 0.1) is 0 Å². The number of carbonyl (C=O) groups is 1. The molecule has 0 aliphatic carbocycles. The van der Waals surface area contributed by atoms with E-state index in [1.165, 1.54) is 12.7 Å². The first-order valence-corrected chi connectivity index (χ1v) is 11.3. The number of aromatic nitrogens is 5. The Morgan fingerprint density at radius 2 is 2.18 bits per heavy atom. The molecule has 5 heterocycles. The van der Waals surface area contributed by atoms with Crippen molar-refractivity contribution in [2.45, 2.75) is 45.1 Å². The molecule has 4 aromatic rings. The minimum Gasteiger partial charge on any atom is -0.443 e. The van der Waals surface area contributed by atoms with Crippen LogP contribution in [0.25, 0.3) is 28.4 Å². The second-order valence-electron chi connectivity index (χ2n) is 8.50. The number of Topliss-reactive ketones (excluding diaryl/α,β-unsaturated/α-hetero) is 1. The van der Waals surface area contributed by atoms with Crippen LogP contribution in [0.2, 0.25) is 0 Å². The molecule has 1 aliphatic rings. The molecule has 0 bridgehead atoms. The number of rotatable bonds is 7. The summed E-state index contributed by atoms with van der Waals surface area (Å²) >= 11 is 0. The van der Waals surface area contributed by atoms with E-state index in [4.69, 9.17) is 15.1 Å². The van der Waals surface area contributed by atoms with Crippen LogP contribution in [0.4, 0.5) is 5.82 Å². The van der Waals surface area contributed by atoms with Crippen molar-refractivity contribution < 1.29 is 9.21 Å². The molecule has 1 fully saturated rings. The lowest BCUT2D eigenvalue weighted by atomic mass is 10.0. The Bertz CT molecular complexity index is 1300. The number of nitrogen functional groups attached to an aromatic ring is 1. The van der Waals surface area contributed by atoms with Gasteiger partial charge in [0.2, 0.25) is 5.89 Å². The van der Waals surface area contributed by atoms with E-state index >= 15 is 0 Å². The largest absolute Gasteiger partial charge is 0.443 e. The van der Waals surface area contributed by atoms with Gasteiger partial charge in [-0.15, -0.1) is 0 Å². The first kappa shape index (κ1) is 21.3. The first-order valence-electron chi connectivity index (χ1n) is 11.3. The van der Waals surface area contributed by atoms with Gasteiger partial charge < -0.3 is 15.1 Å². The summed E-state index contributed by atoms with van der Waals surface area (Å²) in [6.45, 7) is 3.16. The summed E-state index contributed by atoms with van der Waals surface area (Å²) in [5, 5.41) is 4.40. The van der Waals surface area contributed by atoms with E-state index in [0.717, 1.165) is 42.5 Å². The summed E-state index contributed by atoms with van der Waals surface area (Å²) in [5.74, 6) is 0.302. The topological polar surface area (TPSA) is 115 Å². The number of fused-ring (bicyclic) bond motifs is 1. The molecule has 0 saturated carbocycles. The SMILES string of the molecule is CCc1cnn2ccc(-c3nc(C(=O)CC[C@H]4CCCN4C)c(N)nc3-c3ncco3)cc12. The number of carbonyl (C=O) groups excluding carboxylic acids is 1. The third-order valence-electron chi connectivity index (χ3n) is 6.45. The minimum atomic E-state index is -0.0971. The molecular formula is C24H27N7O2. The van der Waals surface area contributed by atoms with E-state index in [1.807, 2.05) is 29.0 Å². The molecule has 0 unspecified atom stereocenters. The molecule has 1 aliphatic heterocycles. The molecule has 0 radical (unpaired) electrons. The van der Waals surface area contributed by atoms with Gasteiger partial charge in [0.05, 0.1) is 17.9 Å². The number of hydrogen-bond acceptors (Lipinski definition) is 8. The molecule has 9 nitrogen and oxygen atoms in total. The molecule has 1 atom stereocenters. The highest BCUT2D eigenvalue weighted by atomic mass is 16.3. The maximum Gasteiger partial charge on any atom is 0.247 e. The average Bonchev–Trinajstić information content (AvgIpc) is 3.58. The lowest BCUT2D eigenvalue weighted by Gasteiger charge is -2.18. The molecule has 33 heavy (non-hydrogen) atoms. The van der Waals surface area contributed by atoms with Gasteiger partial charge in [0.25, 0.3) is 0 Å². The fourth-order valence-electron chi connectivity index (χ4n) is 4.56. The van der Waals surface area contributed by atoms with Crippen molar-refractivity contribution in [1.29, 1.82) is 0 Å². The van der Waals surface area contributed by atoms with Gasteiger partial charge >= 0.3 is 0 Å². The third-order valence-corrected chi connectivity index (χ3v) is 6.45. The van der Waals surface area contributed by atoms with Crippen LogP contribution in [0.15, 0.2) is 41.4 Å². The summed E-state index contributed by atoms with van der Waals surface area (Å²) in [6, 6.07) is 4.32. The van der Waals surface area contributed by atoms with E-state index < -0.39 is 0 Å². The smallest absolute Gasteiger partial charge is 0.247 e. The number of oxazole rings is 1. The quantitative estimate of drug-likeness (QED) is 0.429. The molecule has 2 N–H and O–H groups in total. The molecule has 0 aromatic carbocycles. The highest BCUT2D eigenvalue weighted by Crippen LogP contribution is 2.32. The number of anilines is 1. The minimum absolute atomic E-state index is 0.0939. The van der Waals surface area contributed by atoms with Crippen molar-refractivity contribution in [2.24, 2.45) is 0 Å². The molecule has 5 rings (SSSR count). The van der Waals surface area contributed by atoms with E-state index in [2.05, 4.69) is 33.9 Å². The predicted octanol–water partition coefficient (Wildman–Crippen LogP) is 3.65. The highest BCUT2D eigenvalue weighted by molar-refractivity contribution is 5.99. The van der Waals surface area contributed by atoms with Crippen molar-refractivity contribution in [2.75, 3.05) is 19.3 Å². The zero-order valence-electron chi connectivity index (χ0n) is 18.9. The van der Waals surface area contributed by atoms with Crippen LogP contribution in [-0.4, -0.2) is 54.9 Å². The van der Waals surface area contributed by atoms with E-state index in [-0.39, 0.29) is 17.3 Å². The highest BCUT2D eigenvalue weighted by Gasteiger charge is 2.25. The molecule has 4 aromatic heterocycles. The van der Waals surface area contributed by atoms with Crippen molar-refractivity contribution in [3.05, 3.63) is 48.2 Å². The number of likely N-dealkylation sites (tertiary alicyclic amines) is 1. The van der Waals surface area contributed by atoms with Crippen LogP contribution < -0.4 is 5.73 Å². The number of pyridine rings is 1. The molecule has 0 spiro atoms. The Morgan fingerprint density at radius 1 is 1.30 bits per heavy atom. The van der Waals surface area contributed by atoms with Crippen LogP contribution in [-0.2, 0) is 6.42 Å². The number of aryl methyl sites for hydroxylation is 1. The van der Waals surface area contributed by atoms with Crippen molar-refractivity contribution in [3.8, 4) is 22.8 Å². The van der Waals surface area contributed by atoms with Gasteiger partial charge in [0.15, 0.2) is 17.3 Å². The standard InChI is InChI=1S/C24H27N7O2/c1-3-15-14-27-31-11-8-16(13-18(15)31)20-22(24-26-9-12-33-24)29-23(25)21(28-20)19(32)7-6-17-5-4-10-30(17)2/h8-9,11-14,17H,3-7,10H2,1-2H3,(H2,25,29)/t17-/m1/s1. The van der Waals surface area contributed by atoms with Gasteiger partial charge in [-0.2, -0.15) is 5.10 Å². The molecule has 1 saturated heterocycles. The van der Waals surface area contributed by atoms with Crippen LogP contribution in [0.5, 0.6) is 0 Å². The van der Waals surface area contributed by atoms with Crippen LogP contribution >= 0.6 is 0 Å². The number of hydrogen-bond donors (Lipinski definition) is 1. The Labute approximate surface area is 191 Å². The van der Waals surface area contributed by atoms with E-state index in [1.54, 1.807) is 6.20 Å². The predicted molar refractivity (Wildman–Crippen MR) is 125 cm³/mol. The average molecular weight is 446 g/mol. The van der Waals surface area contributed by atoms with Gasteiger partial charge in [-0.05, 0) is 57.0 Å². The Hall–Kier alpha value is -3.59. The summed E-state index contributed by atoms with van der Waals surface area (Å²) in [6.07, 6.45) is 11.1. The number of nitrogens with zero attached hydrogens (tertiary/aromatic N) is 6. The summed E-state index contributed by atoms with van der Waals surface area (Å²) in [4.78, 5) is 28.9. The lowest BCUT2D eigenvalue weighted by molar-refractivity contribution is 0.0966. The lowest BCUT2D eigenvalue weighted by Crippen LogP contribution is -2.25. The molecule has 0 amide bonds. The van der Waals surface area contributed by atoms with Crippen LogP contribution in [0.1, 0.15) is 48.7 Å². The fraction of sp³-hybridized carbons (Fsp3) is 0.375. The van der Waals surface area contributed by atoms with Gasteiger partial charge in [0.1, 0.15) is 17.7 Å². The van der Waals surface area contributed by atoms with E-state index in [0.29, 0.717) is 29.7 Å². The molecule has 170 valence electrons. The van der Waals surface area contributed by atoms with Gasteiger partial charge in [-0.3, -0.25) is 4.79 Å². The van der Waals surface area contributed by atoms with Crippen molar-refractivity contribution in [3.63, 3.8) is 0 Å². The van der Waals surface area contributed by atoms with E-state index in [9.17, 15) is 4.79 Å². The Balaban J connectivity index is 1.56. The van der Waals surface area contributed by atoms with Crippen molar-refractivity contribution in [1.82, 2.24) is 29.5 Å². The summed E-state index contributed by atoms with van der Waals surface area (Å²) < 4.78 is 7.33. The zero-order valence-corrected chi connectivity index (χ0v) is 18.9. The van der Waals surface area contributed by atoms with Gasteiger partial charge in [-0.1, -0.05) is 6.92 Å². The van der Waals surface area contributed by atoms with Crippen LogP contribution in [0.3, 0.4) is 0 Å². The second kappa shape index (κ2) is 8.74. The summed E-state index contributed by atoms with van der Waals surface area (Å²) in [7, 11) is 2.11. The van der Waals surface area contributed by atoms with Crippen molar-refractivity contribution >= 4 is 17.1 Å². The fourth-order valence-corrected chi connectivity index (χ4v) is 4.56. The summed E-state index contributed by atoms with van der Waals surface area (Å²) in [5.41, 5.74) is 10.2. The maximum absolute atomic E-state index is 13.1. The zero-order chi connectivity index (χ0) is 22.9. The Morgan fingerprint density at radius 3 is 2.91 bits per heavy atom. The number of nitrogens with two attached hydrogens (primary N) is 1. The Kier molecular flexibility index (Phi) is 5.63. The van der Waals surface area contributed by atoms with Gasteiger partial charge in [-0.25, -0.2) is 19.5 Å². The number of ketones is 1. The molecular weight excluding hydrogens is 418 g/mol. The third kappa shape index (κ3) is 4.00. The maximum atomic E-state index is 13.1. The normalized spacial score (nSPS) is 16.6. The van der Waals surface area contributed by atoms with Gasteiger partial charge in [0, 0.05) is 24.2 Å². The second-order valence-corrected chi connectivity index (χ2v) is 8.50. The monoisotopic (exact) mass is 445 g/mol.